The second-order valence-electron chi connectivity index (χ2n) is 4.62. The number of amides is 1. The van der Waals surface area contributed by atoms with Crippen molar-refractivity contribution in [1.82, 2.24) is 4.90 Å². The maximum absolute atomic E-state index is 12.6. The summed E-state index contributed by atoms with van der Waals surface area (Å²) in [4.78, 5) is 18.8. The van der Waals surface area contributed by atoms with Gasteiger partial charge in [0.2, 0.25) is 0 Å². The van der Waals surface area contributed by atoms with E-state index < -0.39 is 0 Å². The van der Waals surface area contributed by atoms with E-state index in [-0.39, 0.29) is 5.91 Å². The molecule has 3 nitrogen and oxygen atoms in total. The Morgan fingerprint density at radius 2 is 2.05 bits per heavy atom. The molecule has 0 atom stereocenters. The van der Waals surface area contributed by atoms with Crippen molar-refractivity contribution < 1.29 is 4.79 Å². The summed E-state index contributed by atoms with van der Waals surface area (Å²) in [5.74, 6) is 0.980. The van der Waals surface area contributed by atoms with Crippen LogP contribution in [0.2, 0.25) is 0 Å². The fourth-order valence-corrected chi connectivity index (χ4v) is 3.12. The first kappa shape index (κ1) is 13.2. The van der Waals surface area contributed by atoms with Crippen LogP contribution in [0, 0.1) is 0 Å². The summed E-state index contributed by atoms with van der Waals surface area (Å²) in [6.45, 7) is 3.47. The van der Waals surface area contributed by atoms with Crippen molar-refractivity contribution in [3.05, 3.63) is 48.0 Å². The Kier molecular flexibility index (Phi) is 3.74. The van der Waals surface area contributed by atoms with Crippen LogP contribution in [0.4, 0.5) is 0 Å². The molecule has 2 aromatic carbocycles. The number of hydrogen-bond acceptors (Lipinski definition) is 3. The number of nitrogens with zero attached hydrogens (tertiary/aromatic N) is 2. The fourth-order valence-electron chi connectivity index (χ4n) is 2.35. The first-order chi connectivity index (χ1) is 9.79. The highest BCUT2D eigenvalue weighted by atomic mass is 32.2. The molecular weight excluding hydrogens is 268 g/mol. The van der Waals surface area contributed by atoms with E-state index in [0.29, 0.717) is 13.1 Å². The van der Waals surface area contributed by atoms with Gasteiger partial charge >= 0.3 is 0 Å². The van der Waals surface area contributed by atoms with Crippen molar-refractivity contribution in [2.24, 2.45) is 4.99 Å². The van der Waals surface area contributed by atoms with E-state index in [4.69, 9.17) is 0 Å². The Morgan fingerprint density at radius 1 is 1.25 bits per heavy atom. The molecule has 3 rings (SSSR count). The predicted octanol–water partition coefficient (Wildman–Crippen LogP) is 3.40. The minimum Gasteiger partial charge on any atom is -0.286 e. The molecule has 0 aliphatic carbocycles. The molecule has 102 valence electrons. The van der Waals surface area contributed by atoms with Gasteiger partial charge in [-0.2, -0.15) is 0 Å². The lowest BCUT2D eigenvalue weighted by atomic mass is 10.1. The molecule has 1 aliphatic rings. The number of carbonyl (C=O) groups is 1. The van der Waals surface area contributed by atoms with Crippen molar-refractivity contribution in [3.63, 3.8) is 0 Å². The summed E-state index contributed by atoms with van der Waals surface area (Å²) >= 11 is 1.63. The van der Waals surface area contributed by atoms with Gasteiger partial charge in [0, 0.05) is 12.1 Å². The molecule has 0 bridgehead atoms. The average molecular weight is 284 g/mol. The number of hydrogen-bond donors (Lipinski definition) is 0. The van der Waals surface area contributed by atoms with Crippen LogP contribution in [-0.2, 0) is 0 Å². The monoisotopic (exact) mass is 284 g/mol. The van der Waals surface area contributed by atoms with Crippen molar-refractivity contribution in [2.45, 2.75) is 6.92 Å². The van der Waals surface area contributed by atoms with Crippen molar-refractivity contribution in [2.75, 3.05) is 18.8 Å². The van der Waals surface area contributed by atoms with E-state index in [1.165, 1.54) is 0 Å². The van der Waals surface area contributed by atoms with E-state index in [1.54, 1.807) is 16.7 Å². The van der Waals surface area contributed by atoms with Gasteiger partial charge in [-0.25, -0.2) is 0 Å². The van der Waals surface area contributed by atoms with E-state index in [1.807, 2.05) is 36.4 Å². The van der Waals surface area contributed by atoms with Crippen LogP contribution in [0.25, 0.3) is 10.8 Å². The minimum atomic E-state index is 0.0490. The normalized spacial score (nSPS) is 14.7. The lowest BCUT2D eigenvalue weighted by molar-refractivity contribution is 0.0861. The summed E-state index contributed by atoms with van der Waals surface area (Å²) in [6, 6.07) is 14.0. The van der Waals surface area contributed by atoms with Gasteiger partial charge in [0.25, 0.3) is 5.91 Å². The fraction of sp³-hybridized carbons (Fsp3) is 0.250. The van der Waals surface area contributed by atoms with Crippen LogP contribution in [0.1, 0.15) is 17.3 Å². The molecule has 0 saturated carbocycles. The van der Waals surface area contributed by atoms with Crippen LogP contribution in [0.15, 0.2) is 47.5 Å². The van der Waals surface area contributed by atoms with Crippen LogP contribution < -0.4 is 0 Å². The second-order valence-corrected chi connectivity index (χ2v) is 5.85. The summed E-state index contributed by atoms with van der Waals surface area (Å²) in [6.07, 6.45) is 0. The third kappa shape index (κ3) is 2.43. The zero-order valence-corrected chi connectivity index (χ0v) is 12.2. The number of fused-ring (bicyclic) bond motifs is 1. The summed E-state index contributed by atoms with van der Waals surface area (Å²) in [5, 5.41) is 3.10. The maximum Gasteiger partial charge on any atom is 0.259 e. The van der Waals surface area contributed by atoms with Gasteiger partial charge in [-0.15, -0.1) is 0 Å². The van der Waals surface area contributed by atoms with Crippen LogP contribution >= 0.6 is 11.8 Å². The van der Waals surface area contributed by atoms with Crippen molar-refractivity contribution in [3.8, 4) is 0 Å². The van der Waals surface area contributed by atoms with E-state index >= 15 is 0 Å². The van der Waals surface area contributed by atoms with Gasteiger partial charge in [-0.1, -0.05) is 49.0 Å². The zero-order chi connectivity index (χ0) is 13.9. The van der Waals surface area contributed by atoms with Gasteiger partial charge in [0.1, 0.15) is 0 Å². The van der Waals surface area contributed by atoms with Gasteiger partial charge < -0.3 is 0 Å². The summed E-state index contributed by atoms with van der Waals surface area (Å²) < 4.78 is 0. The molecule has 0 N–H and O–H groups in total. The lowest BCUT2D eigenvalue weighted by Crippen LogP contribution is -2.32. The molecule has 0 spiro atoms. The van der Waals surface area contributed by atoms with Gasteiger partial charge in [-0.05, 0) is 28.7 Å². The predicted molar refractivity (Wildman–Crippen MR) is 85.4 cm³/mol. The Balaban J connectivity index is 1.90. The van der Waals surface area contributed by atoms with Crippen molar-refractivity contribution in [1.29, 1.82) is 0 Å². The molecule has 1 aliphatic heterocycles. The van der Waals surface area contributed by atoms with E-state index in [2.05, 4.69) is 18.0 Å². The molecule has 4 heteroatoms. The molecule has 0 saturated heterocycles. The first-order valence-electron chi connectivity index (χ1n) is 6.77. The number of carbonyl (C=O) groups excluding carboxylic acids is 1. The molecule has 20 heavy (non-hydrogen) atoms. The Bertz CT molecular complexity index is 681. The Labute approximate surface area is 122 Å². The summed E-state index contributed by atoms with van der Waals surface area (Å²) in [7, 11) is 0. The topological polar surface area (TPSA) is 32.7 Å². The zero-order valence-electron chi connectivity index (χ0n) is 11.4. The molecule has 0 radical (unpaired) electrons. The highest BCUT2D eigenvalue weighted by Crippen LogP contribution is 2.20. The Morgan fingerprint density at radius 3 is 2.85 bits per heavy atom. The standard InChI is InChI=1S/C16H16N2OS/c1-2-20-16-17-9-10-18(16)15(19)14-8-7-12-5-3-4-6-13(12)11-14/h3-8,11H,2,9-10H2,1H3. The molecular formula is C16H16N2OS. The number of amidine groups is 1. The Hall–Kier alpha value is -1.81. The van der Waals surface area contributed by atoms with E-state index in [9.17, 15) is 4.79 Å². The van der Waals surface area contributed by atoms with Crippen LogP contribution in [-0.4, -0.2) is 34.8 Å². The number of benzene rings is 2. The van der Waals surface area contributed by atoms with Crippen LogP contribution in [0.3, 0.4) is 0 Å². The average Bonchev–Trinajstić information content (AvgIpc) is 2.94. The summed E-state index contributed by atoms with van der Waals surface area (Å²) in [5.41, 5.74) is 0.731. The maximum atomic E-state index is 12.6. The molecule has 2 aromatic rings. The first-order valence-corrected chi connectivity index (χ1v) is 7.76. The third-order valence-electron chi connectivity index (χ3n) is 3.32. The van der Waals surface area contributed by atoms with Crippen molar-refractivity contribution >= 4 is 33.6 Å². The smallest absolute Gasteiger partial charge is 0.259 e. The number of aliphatic imine (C=N–C) groups is 1. The quantitative estimate of drug-likeness (QED) is 0.846. The number of thioether (sulfide) groups is 1. The molecule has 0 fully saturated rings. The van der Waals surface area contributed by atoms with E-state index in [0.717, 1.165) is 27.3 Å². The highest BCUT2D eigenvalue weighted by Gasteiger charge is 2.24. The SMILES string of the molecule is CCSC1=NCCN1C(=O)c1ccc2ccccc2c1. The largest absolute Gasteiger partial charge is 0.286 e. The third-order valence-corrected chi connectivity index (χ3v) is 4.21. The molecule has 0 aromatic heterocycles. The van der Waals surface area contributed by atoms with Gasteiger partial charge in [0.05, 0.1) is 6.54 Å². The van der Waals surface area contributed by atoms with Gasteiger partial charge in [0.15, 0.2) is 5.17 Å². The van der Waals surface area contributed by atoms with Crippen LogP contribution in [0.5, 0.6) is 0 Å². The second kappa shape index (κ2) is 5.67. The van der Waals surface area contributed by atoms with Gasteiger partial charge in [-0.3, -0.25) is 14.7 Å². The number of rotatable bonds is 2. The molecule has 1 heterocycles. The minimum absolute atomic E-state index is 0.0490. The molecule has 0 unspecified atom stereocenters. The highest BCUT2D eigenvalue weighted by molar-refractivity contribution is 8.13. The lowest BCUT2D eigenvalue weighted by Gasteiger charge is -2.17. The molecule has 1 amide bonds.